The number of carbonyl (C=O) groups is 3. The summed E-state index contributed by atoms with van der Waals surface area (Å²) in [6.07, 6.45) is 1.58. The summed E-state index contributed by atoms with van der Waals surface area (Å²) in [4.78, 5) is 37.0. The Kier molecular flexibility index (Phi) is 8.22. The number of amides is 3. The number of nitrogens with zero attached hydrogens (tertiary/aromatic N) is 1. The third-order valence-electron chi connectivity index (χ3n) is 5.86. The predicted molar refractivity (Wildman–Crippen MR) is 142 cm³/mol. The van der Waals surface area contributed by atoms with Crippen LogP contribution in [-0.2, 0) is 14.3 Å². The molecule has 3 aromatic rings. The molecule has 10 nitrogen and oxygen atoms in total. The zero-order chi connectivity index (χ0) is 27.1. The summed E-state index contributed by atoms with van der Waals surface area (Å²) < 4.78 is 16.3. The van der Waals surface area contributed by atoms with Crippen LogP contribution in [0.15, 0.2) is 77.0 Å². The van der Waals surface area contributed by atoms with Gasteiger partial charge in [-0.2, -0.15) is 5.10 Å². The van der Waals surface area contributed by atoms with Gasteiger partial charge in [0.05, 0.1) is 31.5 Å². The van der Waals surface area contributed by atoms with E-state index >= 15 is 0 Å². The van der Waals surface area contributed by atoms with Crippen molar-refractivity contribution in [2.75, 3.05) is 20.3 Å². The van der Waals surface area contributed by atoms with E-state index in [1.54, 1.807) is 38.3 Å². The normalized spacial score (nSPS) is 15.1. The molecule has 10 heteroatoms. The Bertz CT molecular complexity index is 1430. The molecule has 4 rings (SSSR count). The van der Waals surface area contributed by atoms with E-state index in [1.807, 2.05) is 42.5 Å². The summed E-state index contributed by atoms with van der Waals surface area (Å²) in [5.74, 6) is -0.366. The molecule has 0 aliphatic carbocycles. The molecule has 1 aliphatic rings. The summed E-state index contributed by atoms with van der Waals surface area (Å²) in [5, 5.41) is 11.5. The van der Waals surface area contributed by atoms with Crippen molar-refractivity contribution < 1.29 is 28.6 Å². The molecule has 1 heterocycles. The van der Waals surface area contributed by atoms with Gasteiger partial charge in [0, 0.05) is 11.3 Å². The summed E-state index contributed by atoms with van der Waals surface area (Å²) in [6, 6.07) is 17.5. The SMILES string of the molecule is CCOC(=O)C1=C(C)NC(=O)N[C@@H]1c1ccc(OCC(=O)N/N=C/c2cccc3ccccc23)c(OC)c1. The number of hydrazone groups is 1. The molecule has 3 amide bonds. The minimum atomic E-state index is -0.752. The molecule has 0 saturated heterocycles. The van der Waals surface area contributed by atoms with Gasteiger partial charge in [-0.25, -0.2) is 15.0 Å². The topological polar surface area (TPSA) is 127 Å². The monoisotopic (exact) mass is 516 g/mol. The molecular weight excluding hydrogens is 488 g/mol. The molecule has 1 aliphatic heterocycles. The number of carbonyl (C=O) groups excluding carboxylic acids is 3. The number of hydrogen-bond donors (Lipinski definition) is 3. The highest BCUT2D eigenvalue weighted by atomic mass is 16.5. The standard InChI is InChI=1S/C28H28N4O6/c1-4-37-27(34)25-17(2)30-28(35)31-26(25)19-12-13-22(23(14-19)36-3)38-16-24(33)32-29-15-20-10-7-9-18-8-5-6-11-21(18)20/h5-15,26H,4,16H2,1-3H3,(H,32,33)(H2,30,31,35)/b29-15+/t26-/m1/s1. The lowest BCUT2D eigenvalue weighted by atomic mass is 9.95. The maximum Gasteiger partial charge on any atom is 0.338 e. The molecule has 0 spiro atoms. The van der Waals surface area contributed by atoms with Gasteiger partial charge in [-0.3, -0.25) is 4.79 Å². The van der Waals surface area contributed by atoms with E-state index in [-0.39, 0.29) is 18.8 Å². The van der Waals surface area contributed by atoms with Crippen LogP contribution in [0.5, 0.6) is 11.5 Å². The van der Waals surface area contributed by atoms with Gasteiger partial charge in [-0.1, -0.05) is 48.5 Å². The Morgan fingerprint density at radius 1 is 1.08 bits per heavy atom. The van der Waals surface area contributed by atoms with E-state index in [4.69, 9.17) is 14.2 Å². The Labute approximate surface area is 219 Å². The maximum atomic E-state index is 12.6. The number of allylic oxidation sites excluding steroid dienone is 1. The van der Waals surface area contributed by atoms with E-state index in [2.05, 4.69) is 21.2 Å². The molecule has 0 aromatic heterocycles. The Morgan fingerprint density at radius 3 is 2.66 bits per heavy atom. The fraction of sp³-hybridized carbons (Fsp3) is 0.214. The van der Waals surface area contributed by atoms with Gasteiger partial charge in [-0.15, -0.1) is 0 Å². The second-order valence-electron chi connectivity index (χ2n) is 8.35. The molecule has 0 saturated carbocycles. The van der Waals surface area contributed by atoms with Gasteiger partial charge in [0.1, 0.15) is 0 Å². The number of esters is 1. The molecule has 3 N–H and O–H groups in total. The lowest BCUT2D eigenvalue weighted by Crippen LogP contribution is -2.45. The van der Waals surface area contributed by atoms with Gasteiger partial charge >= 0.3 is 12.0 Å². The van der Waals surface area contributed by atoms with Crippen LogP contribution in [0, 0.1) is 0 Å². The first-order chi connectivity index (χ1) is 18.4. The third-order valence-corrected chi connectivity index (χ3v) is 5.86. The third kappa shape index (κ3) is 5.92. The summed E-state index contributed by atoms with van der Waals surface area (Å²) >= 11 is 0. The molecule has 0 bridgehead atoms. The maximum absolute atomic E-state index is 12.6. The van der Waals surface area contributed by atoms with E-state index in [0.29, 0.717) is 22.8 Å². The number of methoxy groups -OCH3 is 1. The lowest BCUT2D eigenvalue weighted by molar-refractivity contribution is -0.139. The van der Waals surface area contributed by atoms with Gasteiger partial charge in [0.25, 0.3) is 5.91 Å². The molecule has 1 atom stereocenters. The number of urea groups is 1. The quantitative estimate of drug-likeness (QED) is 0.227. The van der Waals surface area contributed by atoms with Crippen LogP contribution in [0.2, 0.25) is 0 Å². The molecule has 196 valence electrons. The van der Waals surface area contributed by atoms with Crippen molar-refractivity contribution in [3.63, 3.8) is 0 Å². The molecule has 0 radical (unpaired) electrons. The first-order valence-corrected chi connectivity index (χ1v) is 12.0. The van der Waals surface area contributed by atoms with E-state index in [9.17, 15) is 14.4 Å². The molecular formula is C28H28N4O6. The van der Waals surface area contributed by atoms with Crippen LogP contribution in [-0.4, -0.2) is 44.4 Å². The summed E-state index contributed by atoms with van der Waals surface area (Å²) in [5.41, 5.74) is 4.59. The van der Waals surface area contributed by atoms with Gasteiger partial charge in [-0.05, 0) is 42.3 Å². The molecule has 0 unspecified atom stereocenters. The van der Waals surface area contributed by atoms with Crippen LogP contribution >= 0.6 is 0 Å². The van der Waals surface area contributed by atoms with Crippen LogP contribution in [0.4, 0.5) is 4.79 Å². The summed E-state index contributed by atoms with van der Waals surface area (Å²) in [6.45, 7) is 3.23. The fourth-order valence-electron chi connectivity index (χ4n) is 4.12. The van der Waals surface area contributed by atoms with Crippen molar-refractivity contribution in [2.45, 2.75) is 19.9 Å². The minimum Gasteiger partial charge on any atom is -0.493 e. The lowest BCUT2D eigenvalue weighted by Gasteiger charge is -2.28. The highest BCUT2D eigenvalue weighted by Crippen LogP contribution is 2.34. The van der Waals surface area contributed by atoms with Crippen LogP contribution in [0.25, 0.3) is 10.8 Å². The average molecular weight is 517 g/mol. The van der Waals surface area contributed by atoms with Crippen LogP contribution in [0.3, 0.4) is 0 Å². The van der Waals surface area contributed by atoms with Gasteiger partial charge in [0.2, 0.25) is 0 Å². The number of fused-ring (bicyclic) bond motifs is 1. The minimum absolute atomic E-state index is 0.195. The van der Waals surface area contributed by atoms with Crippen molar-refractivity contribution >= 4 is 34.9 Å². The number of hydrogen-bond acceptors (Lipinski definition) is 7. The number of rotatable bonds is 9. The smallest absolute Gasteiger partial charge is 0.338 e. The number of benzene rings is 3. The Balaban J connectivity index is 1.43. The molecule has 38 heavy (non-hydrogen) atoms. The molecule has 0 fully saturated rings. The first kappa shape index (κ1) is 26.2. The van der Waals surface area contributed by atoms with Crippen molar-refractivity contribution in [1.82, 2.24) is 16.1 Å². The van der Waals surface area contributed by atoms with E-state index < -0.39 is 23.9 Å². The van der Waals surface area contributed by atoms with E-state index in [0.717, 1.165) is 16.3 Å². The van der Waals surface area contributed by atoms with Crippen LogP contribution in [0.1, 0.15) is 31.0 Å². The highest BCUT2D eigenvalue weighted by molar-refractivity contribution is 6.00. The zero-order valence-corrected chi connectivity index (χ0v) is 21.2. The van der Waals surface area contributed by atoms with Crippen molar-refractivity contribution in [2.24, 2.45) is 5.10 Å². The Morgan fingerprint density at radius 2 is 1.87 bits per heavy atom. The highest BCUT2D eigenvalue weighted by Gasteiger charge is 2.32. The second kappa shape index (κ2) is 11.9. The van der Waals surface area contributed by atoms with Crippen LogP contribution < -0.4 is 25.5 Å². The Hall–Kier alpha value is -4.86. The largest absolute Gasteiger partial charge is 0.493 e. The fourth-order valence-corrected chi connectivity index (χ4v) is 4.12. The van der Waals surface area contributed by atoms with E-state index in [1.165, 1.54) is 7.11 Å². The van der Waals surface area contributed by atoms with Crippen molar-refractivity contribution in [3.05, 3.63) is 83.1 Å². The average Bonchev–Trinajstić information content (AvgIpc) is 2.91. The summed E-state index contributed by atoms with van der Waals surface area (Å²) in [7, 11) is 1.45. The van der Waals surface area contributed by atoms with Crippen molar-refractivity contribution in [1.29, 1.82) is 0 Å². The first-order valence-electron chi connectivity index (χ1n) is 12.0. The number of nitrogens with one attached hydrogen (secondary N) is 3. The second-order valence-corrected chi connectivity index (χ2v) is 8.35. The molecule has 3 aromatic carbocycles. The zero-order valence-electron chi connectivity index (χ0n) is 21.2. The van der Waals surface area contributed by atoms with Crippen molar-refractivity contribution in [3.8, 4) is 11.5 Å². The van der Waals surface area contributed by atoms with Gasteiger partial charge in [0.15, 0.2) is 18.1 Å². The predicted octanol–water partition coefficient (Wildman–Crippen LogP) is 3.57. The van der Waals surface area contributed by atoms with Gasteiger partial charge < -0.3 is 24.8 Å². The number of ether oxygens (including phenoxy) is 3.